The molecule has 3 nitrogen and oxygen atoms in total. The van der Waals surface area contributed by atoms with E-state index in [-0.39, 0.29) is 6.07 Å². The van der Waals surface area contributed by atoms with Crippen molar-refractivity contribution in [1.29, 1.82) is 0 Å². The fourth-order valence-corrected chi connectivity index (χ4v) is 3.48. The van der Waals surface area contributed by atoms with Crippen LogP contribution in [0.5, 0.6) is 0 Å². The van der Waals surface area contributed by atoms with Crippen LogP contribution in [0.25, 0.3) is 0 Å². The molecule has 3 rings (SSSR count). The van der Waals surface area contributed by atoms with Crippen LogP contribution in [-0.4, -0.2) is 11.8 Å². The third-order valence-electron chi connectivity index (χ3n) is 4.67. The predicted octanol–water partition coefficient (Wildman–Crippen LogP) is 4.40. The van der Waals surface area contributed by atoms with Gasteiger partial charge in [0.1, 0.15) is 0 Å². The van der Waals surface area contributed by atoms with Gasteiger partial charge in [-0.2, -0.15) is 26.3 Å². The second kappa shape index (κ2) is 5.74. The number of hydrogen-bond acceptors (Lipinski definition) is 2. The summed E-state index contributed by atoms with van der Waals surface area (Å²) >= 11 is 0. The quantitative estimate of drug-likeness (QED) is 0.546. The maximum Gasteiger partial charge on any atom is 0.416 e. The molecule has 1 aliphatic heterocycles. The largest absolute Gasteiger partial charge is 0.416 e. The summed E-state index contributed by atoms with van der Waals surface area (Å²) in [5.41, 5.74) is -3.77. The van der Waals surface area contributed by atoms with Gasteiger partial charge in [0.15, 0.2) is 0 Å². The lowest BCUT2D eigenvalue weighted by molar-refractivity contribution is -0.143. The standard InChI is InChI=1S/C16H13F6NO2/c17-15(18,19)8-5-9(16(20,21)22)7-10(6-8)23-13(24)11-3-1-2-4-12(11)14(23)25/h5-7,11-12H,1-4H2/t11-,12+. The minimum atomic E-state index is -5.03. The number of hydrogen-bond donors (Lipinski definition) is 0. The molecule has 1 aromatic carbocycles. The molecule has 0 N–H and O–H groups in total. The lowest BCUT2D eigenvalue weighted by Gasteiger charge is -2.19. The van der Waals surface area contributed by atoms with Crippen molar-refractivity contribution in [2.75, 3.05) is 4.90 Å². The zero-order valence-corrected chi connectivity index (χ0v) is 12.7. The van der Waals surface area contributed by atoms with Crippen LogP contribution in [-0.2, 0) is 21.9 Å². The van der Waals surface area contributed by atoms with Crippen molar-refractivity contribution in [1.82, 2.24) is 0 Å². The number of nitrogens with zero attached hydrogens (tertiary/aromatic N) is 1. The maximum atomic E-state index is 13.0. The molecule has 2 atom stereocenters. The van der Waals surface area contributed by atoms with Crippen molar-refractivity contribution in [3.8, 4) is 0 Å². The third kappa shape index (κ3) is 3.11. The highest BCUT2D eigenvalue weighted by Gasteiger charge is 2.49. The second-order valence-electron chi connectivity index (χ2n) is 6.27. The molecule has 0 unspecified atom stereocenters. The summed E-state index contributed by atoms with van der Waals surface area (Å²) in [5.74, 6) is -2.76. The molecular weight excluding hydrogens is 352 g/mol. The molecule has 2 fully saturated rings. The van der Waals surface area contributed by atoms with E-state index in [0.29, 0.717) is 42.7 Å². The first-order valence-electron chi connectivity index (χ1n) is 7.67. The smallest absolute Gasteiger partial charge is 0.274 e. The van der Waals surface area contributed by atoms with E-state index >= 15 is 0 Å². The van der Waals surface area contributed by atoms with Gasteiger partial charge in [0.05, 0.1) is 28.7 Å². The number of imide groups is 1. The van der Waals surface area contributed by atoms with Gasteiger partial charge in [-0.05, 0) is 31.0 Å². The zero-order chi connectivity index (χ0) is 18.6. The van der Waals surface area contributed by atoms with Gasteiger partial charge >= 0.3 is 12.4 Å². The van der Waals surface area contributed by atoms with Crippen LogP contribution in [0.1, 0.15) is 36.8 Å². The Bertz CT molecular complexity index is 668. The summed E-state index contributed by atoms with van der Waals surface area (Å²) in [4.78, 5) is 25.3. The number of anilines is 1. The Hall–Kier alpha value is -2.06. The van der Waals surface area contributed by atoms with E-state index in [2.05, 4.69) is 0 Å². The van der Waals surface area contributed by atoms with E-state index in [1.807, 2.05) is 0 Å². The molecule has 1 aliphatic carbocycles. The van der Waals surface area contributed by atoms with Crippen molar-refractivity contribution in [3.63, 3.8) is 0 Å². The van der Waals surface area contributed by atoms with Crippen molar-refractivity contribution in [3.05, 3.63) is 29.3 Å². The molecule has 0 bridgehead atoms. The number of rotatable bonds is 1. The highest BCUT2D eigenvalue weighted by atomic mass is 19.4. The number of amides is 2. The van der Waals surface area contributed by atoms with Crippen LogP contribution in [0, 0.1) is 11.8 Å². The lowest BCUT2D eigenvalue weighted by atomic mass is 9.81. The summed E-state index contributed by atoms with van der Waals surface area (Å²) < 4.78 is 77.7. The van der Waals surface area contributed by atoms with E-state index in [1.165, 1.54) is 0 Å². The summed E-state index contributed by atoms with van der Waals surface area (Å²) in [6.07, 6.45) is -7.84. The van der Waals surface area contributed by atoms with Gasteiger partial charge < -0.3 is 0 Å². The molecule has 2 amide bonds. The Labute approximate surface area is 138 Å². The van der Waals surface area contributed by atoms with Crippen LogP contribution >= 0.6 is 0 Å². The number of fused-ring (bicyclic) bond motifs is 1. The first-order valence-corrected chi connectivity index (χ1v) is 7.67. The molecular formula is C16H13F6NO2. The molecule has 1 heterocycles. The maximum absolute atomic E-state index is 13.0. The number of alkyl halides is 6. The van der Waals surface area contributed by atoms with E-state index in [1.54, 1.807) is 0 Å². The van der Waals surface area contributed by atoms with Crippen molar-refractivity contribution in [2.24, 2.45) is 11.8 Å². The first-order chi connectivity index (χ1) is 11.5. The van der Waals surface area contributed by atoms with Crippen LogP contribution in [0.2, 0.25) is 0 Å². The molecule has 9 heteroatoms. The van der Waals surface area contributed by atoms with Crippen LogP contribution in [0.4, 0.5) is 32.0 Å². The zero-order valence-electron chi connectivity index (χ0n) is 12.7. The topological polar surface area (TPSA) is 37.4 Å². The fourth-order valence-electron chi connectivity index (χ4n) is 3.48. The monoisotopic (exact) mass is 365 g/mol. The van der Waals surface area contributed by atoms with E-state index in [0.717, 1.165) is 0 Å². The Morgan fingerprint density at radius 1 is 0.760 bits per heavy atom. The Balaban J connectivity index is 2.10. The second-order valence-corrected chi connectivity index (χ2v) is 6.27. The van der Waals surface area contributed by atoms with Crippen LogP contribution in [0.15, 0.2) is 18.2 Å². The summed E-state index contributed by atoms with van der Waals surface area (Å²) in [6.45, 7) is 0. The van der Waals surface area contributed by atoms with Crippen molar-refractivity contribution < 1.29 is 35.9 Å². The van der Waals surface area contributed by atoms with Gasteiger partial charge in [0.2, 0.25) is 11.8 Å². The molecule has 2 aliphatic rings. The van der Waals surface area contributed by atoms with E-state index in [9.17, 15) is 35.9 Å². The molecule has 0 spiro atoms. The molecule has 136 valence electrons. The molecule has 25 heavy (non-hydrogen) atoms. The Morgan fingerprint density at radius 2 is 1.16 bits per heavy atom. The van der Waals surface area contributed by atoms with Gasteiger partial charge in [0, 0.05) is 0 Å². The number of carbonyl (C=O) groups is 2. The molecule has 0 radical (unpaired) electrons. The van der Waals surface area contributed by atoms with Gasteiger partial charge in [0.25, 0.3) is 0 Å². The number of carbonyl (C=O) groups excluding carboxylic acids is 2. The Kier molecular flexibility index (Phi) is 4.08. The molecule has 1 saturated heterocycles. The van der Waals surface area contributed by atoms with Gasteiger partial charge in [-0.1, -0.05) is 12.8 Å². The van der Waals surface area contributed by atoms with Gasteiger partial charge in [-0.3, -0.25) is 14.5 Å². The summed E-state index contributed by atoms with van der Waals surface area (Å²) in [7, 11) is 0. The average Bonchev–Trinajstić information content (AvgIpc) is 2.77. The molecule has 0 aromatic heterocycles. The van der Waals surface area contributed by atoms with E-state index in [4.69, 9.17) is 0 Å². The summed E-state index contributed by atoms with van der Waals surface area (Å²) in [6, 6.07) is 0.812. The predicted molar refractivity (Wildman–Crippen MR) is 74.4 cm³/mol. The number of benzene rings is 1. The summed E-state index contributed by atoms with van der Waals surface area (Å²) in [5, 5.41) is 0. The van der Waals surface area contributed by atoms with Crippen molar-refractivity contribution >= 4 is 17.5 Å². The molecule has 1 aromatic rings. The van der Waals surface area contributed by atoms with Crippen LogP contribution in [0.3, 0.4) is 0 Å². The highest BCUT2D eigenvalue weighted by molar-refractivity contribution is 6.22. The van der Waals surface area contributed by atoms with Gasteiger partial charge in [-0.25, -0.2) is 0 Å². The first kappa shape index (κ1) is 17.8. The lowest BCUT2D eigenvalue weighted by Crippen LogP contribution is -2.31. The average molecular weight is 365 g/mol. The van der Waals surface area contributed by atoms with E-state index < -0.39 is 52.8 Å². The SMILES string of the molecule is O=C1[C@H]2CCCC[C@H]2C(=O)N1c1cc(C(F)(F)F)cc(C(F)(F)F)c1. The van der Waals surface area contributed by atoms with Gasteiger partial charge in [-0.15, -0.1) is 0 Å². The minimum absolute atomic E-state index is 0.0262. The third-order valence-corrected chi connectivity index (χ3v) is 4.67. The van der Waals surface area contributed by atoms with Crippen LogP contribution < -0.4 is 4.90 Å². The highest BCUT2D eigenvalue weighted by Crippen LogP contribution is 2.43. The Morgan fingerprint density at radius 3 is 1.52 bits per heavy atom. The molecule has 1 saturated carbocycles. The normalized spacial score (nSPS) is 24.6. The fraction of sp³-hybridized carbons (Fsp3) is 0.500. The van der Waals surface area contributed by atoms with Crippen molar-refractivity contribution in [2.45, 2.75) is 38.0 Å². The minimum Gasteiger partial charge on any atom is -0.274 e. The number of halogens is 6.